The SMILES string of the molecule is c1ccc(-c2nc(-c3ccc4c(c3)oc3ccc(-c5ccc6c(c5)sc5ccccc56)cc34)nc(-c3cccc4c3c3ccccc3n4-c3ccccc3)n2)cc1. The van der Waals surface area contributed by atoms with Crippen molar-refractivity contribution in [3.8, 4) is 51.0 Å². The van der Waals surface area contributed by atoms with Crippen LogP contribution >= 0.6 is 11.3 Å². The summed E-state index contributed by atoms with van der Waals surface area (Å²) >= 11 is 1.84. The number of aromatic nitrogens is 4. The number of hydrogen-bond acceptors (Lipinski definition) is 5. The van der Waals surface area contributed by atoms with E-state index < -0.39 is 0 Å². The van der Waals surface area contributed by atoms with Crippen molar-refractivity contribution in [2.24, 2.45) is 0 Å². The molecular formula is C51H30N4OS. The first kappa shape index (κ1) is 31.9. The van der Waals surface area contributed by atoms with Crippen LogP contribution in [0.3, 0.4) is 0 Å². The third-order valence-electron chi connectivity index (χ3n) is 11.1. The van der Waals surface area contributed by atoms with Crippen molar-refractivity contribution < 1.29 is 4.42 Å². The number of nitrogens with zero attached hydrogens (tertiary/aromatic N) is 4. The molecule has 57 heavy (non-hydrogen) atoms. The Morgan fingerprint density at radius 1 is 0.386 bits per heavy atom. The molecule has 4 heterocycles. The molecule has 0 N–H and O–H groups in total. The maximum Gasteiger partial charge on any atom is 0.164 e. The third-order valence-corrected chi connectivity index (χ3v) is 12.2. The number of furan rings is 1. The molecule has 4 aromatic heterocycles. The minimum Gasteiger partial charge on any atom is -0.456 e. The van der Waals surface area contributed by atoms with Gasteiger partial charge in [-0.2, -0.15) is 0 Å². The lowest BCUT2D eigenvalue weighted by Gasteiger charge is -2.10. The molecule has 0 saturated heterocycles. The zero-order valence-corrected chi connectivity index (χ0v) is 31.2. The summed E-state index contributed by atoms with van der Waals surface area (Å²) < 4.78 is 11.4. The second-order valence-electron chi connectivity index (χ2n) is 14.4. The first-order valence-electron chi connectivity index (χ1n) is 19.0. The number of benzene rings is 8. The van der Waals surface area contributed by atoms with E-state index in [0.29, 0.717) is 17.5 Å². The monoisotopic (exact) mass is 746 g/mol. The van der Waals surface area contributed by atoms with Crippen LogP contribution < -0.4 is 0 Å². The summed E-state index contributed by atoms with van der Waals surface area (Å²) in [5.74, 6) is 1.82. The number of para-hydroxylation sites is 2. The van der Waals surface area contributed by atoms with Crippen LogP contribution in [0.15, 0.2) is 186 Å². The number of rotatable bonds is 5. The zero-order chi connectivity index (χ0) is 37.5. The zero-order valence-electron chi connectivity index (χ0n) is 30.4. The summed E-state index contributed by atoms with van der Waals surface area (Å²) in [6.07, 6.45) is 0. The lowest BCUT2D eigenvalue weighted by molar-refractivity contribution is 0.669. The molecule has 5 nitrogen and oxygen atoms in total. The fourth-order valence-corrected chi connectivity index (χ4v) is 9.55. The molecule has 0 aliphatic rings. The highest BCUT2D eigenvalue weighted by atomic mass is 32.1. The first-order valence-corrected chi connectivity index (χ1v) is 19.8. The summed E-state index contributed by atoms with van der Waals surface area (Å²) in [7, 11) is 0. The van der Waals surface area contributed by atoms with Crippen molar-refractivity contribution in [3.05, 3.63) is 182 Å². The molecule has 12 aromatic rings. The molecule has 8 aromatic carbocycles. The predicted octanol–water partition coefficient (Wildman–Crippen LogP) is 13.9. The van der Waals surface area contributed by atoms with Crippen molar-refractivity contribution in [2.45, 2.75) is 0 Å². The lowest BCUT2D eigenvalue weighted by Crippen LogP contribution is -2.00. The summed E-state index contributed by atoms with van der Waals surface area (Å²) in [4.78, 5) is 15.5. The van der Waals surface area contributed by atoms with Crippen molar-refractivity contribution in [3.63, 3.8) is 0 Å². The van der Waals surface area contributed by atoms with Gasteiger partial charge in [0.15, 0.2) is 17.5 Å². The van der Waals surface area contributed by atoms with Crippen LogP contribution in [0, 0.1) is 0 Å². The van der Waals surface area contributed by atoms with Gasteiger partial charge in [0.1, 0.15) is 11.2 Å². The third kappa shape index (κ3) is 5.12. The second-order valence-corrected chi connectivity index (χ2v) is 15.5. The molecule has 0 unspecified atom stereocenters. The Kier molecular flexibility index (Phi) is 7.03. The van der Waals surface area contributed by atoms with Gasteiger partial charge in [0.05, 0.1) is 11.0 Å². The van der Waals surface area contributed by atoms with Crippen LogP contribution in [0.2, 0.25) is 0 Å². The number of hydrogen-bond donors (Lipinski definition) is 0. The average Bonchev–Trinajstić information content (AvgIpc) is 3.95. The molecule has 0 aliphatic heterocycles. The van der Waals surface area contributed by atoms with Crippen molar-refractivity contribution in [1.29, 1.82) is 0 Å². The Hall–Kier alpha value is -7.41. The molecule has 12 rings (SSSR count). The highest BCUT2D eigenvalue weighted by Crippen LogP contribution is 2.41. The quantitative estimate of drug-likeness (QED) is 0.176. The van der Waals surface area contributed by atoms with Gasteiger partial charge in [-0.25, -0.2) is 15.0 Å². The Balaban J connectivity index is 1.01. The van der Waals surface area contributed by atoms with Crippen molar-refractivity contribution >= 4 is 75.3 Å². The van der Waals surface area contributed by atoms with Gasteiger partial charge in [-0.1, -0.05) is 121 Å². The molecule has 0 amide bonds. The minimum absolute atomic E-state index is 0.585. The first-order chi connectivity index (χ1) is 28.2. The smallest absolute Gasteiger partial charge is 0.164 e. The Morgan fingerprint density at radius 3 is 1.91 bits per heavy atom. The summed E-state index contributed by atoms with van der Waals surface area (Å²) in [6, 6.07) is 63.8. The van der Waals surface area contributed by atoms with E-state index in [1.807, 2.05) is 47.7 Å². The standard InChI is InChI=1S/C51H30N4OS/c1-3-12-31(13-4-1)49-52-50(54-51(53-49)40-18-11-20-43-48(40)39-17-7-9-19-42(39)55(43)35-14-5-2-6-15-35)34-23-25-36-41-28-32(24-27-44(41)56-45(36)29-34)33-22-26-38-37-16-8-10-21-46(37)57-47(38)30-33/h1-30H. The molecular weight excluding hydrogens is 717 g/mol. The van der Waals surface area contributed by atoms with Crippen molar-refractivity contribution in [1.82, 2.24) is 19.5 Å². The summed E-state index contributed by atoms with van der Waals surface area (Å²) in [5.41, 5.74) is 10.0. The normalized spacial score (nSPS) is 11.9. The van der Waals surface area contributed by atoms with Gasteiger partial charge in [0.2, 0.25) is 0 Å². The topological polar surface area (TPSA) is 56.7 Å². The van der Waals surface area contributed by atoms with Gasteiger partial charge in [0.25, 0.3) is 0 Å². The molecule has 0 radical (unpaired) electrons. The van der Waals surface area contributed by atoms with Gasteiger partial charge in [-0.3, -0.25) is 0 Å². The van der Waals surface area contributed by atoms with Crippen LogP contribution in [0.25, 0.3) is 115 Å². The van der Waals surface area contributed by atoms with E-state index in [0.717, 1.165) is 71.7 Å². The Morgan fingerprint density at radius 2 is 1.04 bits per heavy atom. The molecule has 6 heteroatoms. The molecule has 0 bridgehead atoms. The number of fused-ring (bicyclic) bond motifs is 9. The highest BCUT2D eigenvalue weighted by molar-refractivity contribution is 7.25. The van der Waals surface area contributed by atoms with E-state index in [-0.39, 0.29) is 0 Å². The van der Waals surface area contributed by atoms with E-state index in [4.69, 9.17) is 19.4 Å². The fraction of sp³-hybridized carbons (Fsp3) is 0. The fourth-order valence-electron chi connectivity index (χ4n) is 8.40. The molecule has 266 valence electrons. The van der Waals surface area contributed by atoms with Crippen LogP contribution in [0.4, 0.5) is 0 Å². The summed E-state index contributed by atoms with van der Waals surface area (Å²) in [6.45, 7) is 0. The summed E-state index contributed by atoms with van der Waals surface area (Å²) in [5, 5.41) is 6.98. The average molecular weight is 747 g/mol. The number of thiophene rings is 1. The van der Waals surface area contributed by atoms with E-state index in [1.165, 1.54) is 25.7 Å². The molecule has 0 saturated carbocycles. The van der Waals surface area contributed by atoms with E-state index in [2.05, 4.69) is 150 Å². The molecule has 0 atom stereocenters. The Bertz CT molecular complexity index is 3530. The predicted molar refractivity (Wildman–Crippen MR) is 236 cm³/mol. The van der Waals surface area contributed by atoms with Crippen LogP contribution in [0.1, 0.15) is 0 Å². The van der Waals surface area contributed by atoms with E-state index >= 15 is 0 Å². The van der Waals surface area contributed by atoms with Gasteiger partial charge in [-0.05, 0) is 71.8 Å². The van der Waals surface area contributed by atoms with Crippen LogP contribution in [-0.2, 0) is 0 Å². The van der Waals surface area contributed by atoms with Gasteiger partial charge >= 0.3 is 0 Å². The minimum atomic E-state index is 0.585. The highest BCUT2D eigenvalue weighted by Gasteiger charge is 2.20. The van der Waals surface area contributed by atoms with Crippen LogP contribution in [-0.4, -0.2) is 19.5 Å². The maximum atomic E-state index is 6.52. The Labute approximate surface area is 330 Å². The van der Waals surface area contributed by atoms with Crippen molar-refractivity contribution in [2.75, 3.05) is 0 Å². The molecule has 0 aliphatic carbocycles. The van der Waals surface area contributed by atoms with E-state index in [9.17, 15) is 0 Å². The van der Waals surface area contributed by atoms with Crippen LogP contribution in [0.5, 0.6) is 0 Å². The van der Waals surface area contributed by atoms with Gasteiger partial charge in [-0.15, -0.1) is 11.3 Å². The second kappa shape index (κ2) is 12.6. The van der Waals surface area contributed by atoms with E-state index in [1.54, 1.807) is 0 Å². The maximum absolute atomic E-state index is 6.52. The molecule has 0 fully saturated rings. The van der Waals surface area contributed by atoms with Gasteiger partial charge < -0.3 is 8.98 Å². The molecule has 0 spiro atoms. The lowest BCUT2D eigenvalue weighted by atomic mass is 10.0. The van der Waals surface area contributed by atoms with Gasteiger partial charge in [0, 0.05) is 64.1 Å². The largest absolute Gasteiger partial charge is 0.456 e.